The number of hydrogen-bond donors (Lipinski definition) is 1. The van der Waals surface area contributed by atoms with Gasteiger partial charge in [0.15, 0.2) is 0 Å². The van der Waals surface area contributed by atoms with Crippen LogP contribution in [0.25, 0.3) is 0 Å². The summed E-state index contributed by atoms with van der Waals surface area (Å²) in [5, 5.41) is 3.18. The zero-order chi connectivity index (χ0) is 8.97. The molecule has 0 spiro atoms. The number of terminal acetylenes is 1. The quantitative estimate of drug-likeness (QED) is 0.739. The van der Waals surface area contributed by atoms with E-state index in [-0.39, 0.29) is 0 Å². The van der Waals surface area contributed by atoms with Gasteiger partial charge in [-0.15, -0.1) is 17.8 Å². The zero-order valence-corrected chi connectivity index (χ0v) is 8.38. The Hall–Kier alpha value is -0.490. The molecule has 1 aromatic rings. The van der Waals surface area contributed by atoms with Crippen LogP contribution >= 0.6 is 22.9 Å². The normalized spacial score (nSPS) is 12.4. The highest BCUT2D eigenvalue weighted by Crippen LogP contribution is 2.26. The molecular formula is C9H10ClNS. The predicted molar refractivity (Wildman–Crippen MR) is 54.6 cm³/mol. The van der Waals surface area contributed by atoms with Crippen LogP contribution in [0.1, 0.15) is 17.8 Å². The fourth-order valence-corrected chi connectivity index (χ4v) is 1.96. The molecule has 1 N–H and O–H groups in total. The molecule has 0 aromatic carbocycles. The van der Waals surface area contributed by atoms with Crippen molar-refractivity contribution in [3.63, 3.8) is 0 Å². The largest absolute Gasteiger partial charge is 0.299 e. The summed E-state index contributed by atoms with van der Waals surface area (Å²) in [5.41, 5.74) is 0. The van der Waals surface area contributed by atoms with Crippen LogP contribution in [0.4, 0.5) is 0 Å². The number of thiophene rings is 1. The van der Waals surface area contributed by atoms with Gasteiger partial charge in [-0.3, -0.25) is 5.32 Å². The van der Waals surface area contributed by atoms with Crippen molar-refractivity contribution in [2.24, 2.45) is 0 Å². The average Bonchev–Trinajstić information content (AvgIpc) is 2.47. The van der Waals surface area contributed by atoms with Gasteiger partial charge in [0, 0.05) is 10.9 Å². The first kappa shape index (κ1) is 9.60. The first-order valence-electron chi connectivity index (χ1n) is 3.66. The summed E-state index contributed by atoms with van der Waals surface area (Å²) in [7, 11) is 0. The molecule has 1 atom stereocenters. The fourth-order valence-electron chi connectivity index (χ4n) is 0.874. The molecule has 1 heterocycles. The van der Waals surface area contributed by atoms with Crippen LogP contribution in [-0.4, -0.2) is 6.54 Å². The minimum atomic E-state index is 0.290. The summed E-state index contributed by atoms with van der Waals surface area (Å²) < 4.78 is 0.819. The second-order valence-corrected chi connectivity index (χ2v) is 4.20. The molecule has 12 heavy (non-hydrogen) atoms. The molecule has 0 fully saturated rings. The molecule has 0 aliphatic heterocycles. The Morgan fingerprint density at radius 3 is 3.00 bits per heavy atom. The molecule has 0 amide bonds. The summed E-state index contributed by atoms with van der Waals surface area (Å²) >= 11 is 7.37. The van der Waals surface area contributed by atoms with Gasteiger partial charge in [0.2, 0.25) is 0 Å². The molecule has 0 aliphatic carbocycles. The maximum atomic E-state index is 5.79. The third-order valence-corrected chi connectivity index (χ3v) is 2.94. The molecule has 0 saturated heterocycles. The standard InChI is InChI=1S/C9H10ClNS/c1-3-6-11-7(2)8-4-5-9(10)12-8/h1,4-5,7,11H,6H2,2H3/t7-/m1/s1. The molecule has 0 radical (unpaired) electrons. The summed E-state index contributed by atoms with van der Waals surface area (Å²) in [6.45, 7) is 2.66. The van der Waals surface area contributed by atoms with Crippen molar-refractivity contribution in [2.75, 3.05) is 6.54 Å². The van der Waals surface area contributed by atoms with E-state index in [0.717, 1.165) is 4.34 Å². The van der Waals surface area contributed by atoms with Gasteiger partial charge >= 0.3 is 0 Å². The van der Waals surface area contributed by atoms with E-state index < -0.39 is 0 Å². The minimum Gasteiger partial charge on any atom is -0.299 e. The van der Waals surface area contributed by atoms with Gasteiger partial charge in [-0.2, -0.15) is 0 Å². The highest BCUT2D eigenvalue weighted by molar-refractivity contribution is 7.16. The monoisotopic (exact) mass is 199 g/mol. The number of rotatable bonds is 3. The average molecular weight is 200 g/mol. The van der Waals surface area contributed by atoms with Crippen molar-refractivity contribution in [3.05, 3.63) is 21.3 Å². The molecule has 1 rings (SSSR count). The van der Waals surface area contributed by atoms with Crippen molar-refractivity contribution in [1.82, 2.24) is 5.32 Å². The van der Waals surface area contributed by atoms with Crippen LogP contribution in [0.2, 0.25) is 4.34 Å². The van der Waals surface area contributed by atoms with E-state index in [1.165, 1.54) is 4.88 Å². The van der Waals surface area contributed by atoms with Crippen molar-refractivity contribution >= 4 is 22.9 Å². The van der Waals surface area contributed by atoms with Crippen LogP contribution < -0.4 is 5.32 Å². The Morgan fingerprint density at radius 2 is 2.50 bits per heavy atom. The Balaban J connectivity index is 2.54. The van der Waals surface area contributed by atoms with Crippen molar-refractivity contribution in [2.45, 2.75) is 13.0 Å². The second kappa shape index (κ2) is 4.51. The third-order valence-electron chi connectivity index (χ3n) is 1.53. The van der Waals surface area contributed by atoms with Crippen LogP contribution in [0.3, 0.4) is 0 Å². The minimum absolute atomic E-state index is 0.290. The molecular weight excluding hydrogens is 190 g/mol. The number of halogens is 1. The van der Waals surface area contributed by atoms with E-state index in [1.807, 2.05) is 12.1 Å². The molecule has 0 bridgehead atoms. The molecule has 1 aromatic heterocycles. The van der Waals surface area contributed by atoms with E-state index in [4.69, 9.17) is 18.0 Å². The summed E-state index contributed by atoms with van der Waals surface area (Å²) in [6, 6.07) is 4.20. The summed E-state index contributed by atoms with van der Waals surface area (Å²) in [5.74, 6) is 2.54. The summed E-state index contributed by atoms with van der Waals surface area (Å²) in [6.07, 6.45) is 5.12. The van der Waals surface area contributed by atoms with Gasteiger partial charge in [0.05, 0.1) is 10.9 Å². The highest BCUT2D eigenvalue weighted by atomic mass is 35.5. The van der Waals surface area contributed by atoms with Crippen LogP contribution in [-0.2, 0) is 0 Å². The highest BCUT2D eigenvalue weighted by Gasteiger charge is 2.05. The lowest BCUT2D eigenvalue weighted by Gasteiger charge is -2.08. The van der Waals surface area contributed by atoms with Crippen LogP contribution in [0, 0.1) is 12.3 Å². The van der Waals surface area contributed by atoms with Crippen LogP contribution in [0.15, 0.2) is 12.1 Å². The van der Waals surface area contributed by atoms with E-state index in [0.29, 0.717) is 12.6 Å². The Kier molecular flexibility index (Phi) is 3.61. The van der Waals surface area contributed by atoms with E-state index in [9.17, 15) is 0 Å². The first-order chi connectivity index (χ1) is 5.74. The molecule has 0 unspecified atom stereocenters. The number of nitrogens with one attached hydrogen (secondary N) is 1. The lowest BCUT2D eigenvalue weighted by Crippen LogP contribution is -2.17. The topological polar surface area (TPSA) is 12.0 Å². The van der Waals surface area contributed by atoms with E-state index in [1.54, 1.807) is 11.3 Å². The zero-order valence-electron chi connectivity index (χ0n) is 6.80. The molecule has 0 aliphatic rings. The molecule has 64 valence electrons. The SMILES string of the molecule is C#CCN[C@H](C)c1ccc(Cl)s1. The molecule has 1 nitrogen and oxygen atoms in total. The second-order valence-electron chi connectivity index (χ2n) is 2.45. The van der Waals surface area contributed by atoms with Gasteiger partial charge in [-0.05, 0) is 19.1 Å². The number of hydrogen-bond acceptors (Lipinski definition) is 2. The van der Waals surface area contributed by atoms with Crippen molar-refractivity contribution in [1.29, 1.82) is 0 Å². The Bertz CT molecular complexity index is 287. The maximum Gasteiger partial charge on any atom is 0.0931 e. The predicted octanol–water partition coefficient (Wildman–Crippen LogP) is 2.69. The van der Waals surface area contributed by atoms with Crippen molar-refractivity contribution < 1.29 is 0 Å². The smallest absolute Gasteiger partial charge is 0.0931 e. The van der Waals surface area contributed by atoms with Gasteiger partial charge in [0.1, 0.15) is 0 Å². The first-order valence-corrected chi connectivity index (χ1v) is 4.85. The van der Waals surface area contributed by atoms with Crippen molar-refractivity contribution in [3.8, 4) is 12.3 Å². The van der Waals surface area contributed by atoms with Gasteiger partial charge in [0.25, 0.3) is 0 Å². The van der Waals surface area contributed by atoms with E-state index in [2.05, 4.69) is 18.2 Å². The third kappa shape index (κ3) is 2.53. The van der Waals surface area contributed by atoms with Gasteiger partial charge in [-0.1, -0.05) is 17.5 Å². The maximum absolute atomic E-state index is 5.79. The fraction of sp³-hybridized carbons (Fsp3) is 0.333. The van der Waals surface area contributed by atoms with Crippen LogP contribution in [0.5, 0.6) is 0 Å². The summed E-state index contributed by atoms with van der Waals surface area (Å²) in [4.78, 5) is 1.22. The Labute approximate surface area is 81.7 Å². The van der Waals surface area contributed by atoms with E-state index >= 15 is 0 Å². The van der Waals surface area contributed by atoms with Gasteiger partial charge in [-0.25, -0.2) is 0 Å². The lowest BCUT2D eigenvalue weighted by atomic mass is 10.3. The lowest BCUT2D eigenvalue weighted by molar-refractivity contribution is 0.633. The Morgan fingerprint density at radius 1 is 1.75 bits per heavy atom. The molecule has 0 saturated carbocycles. The van der Waals surface area contributed by atoms with Gasteiger partial charge < -0.3 is 0 Å². The molecule has 3 heteroatoms.